The summed E-state index contributed by atoms with van der Waals surface area (Å²) in [5.74, 6) is 2.59. The minimum atomic E-state index is 0.671. The van der Waals surface area contributed by atoms with Crippen molar-refractivity contribution in [1.82, 2.24) is 9.88 Å². The first-order valence-corrected chi connectivity index (χ1v) is 7.33. The van der Waals surface area contributed by atoms with E-state index in [4.69, 9.17) is 4.74 Å². The molecule has 4 heteroatoms. The van der Waals surface area contributed by atoms with Crippen molar-refractivity contribution in [2.45, 2.75) is 26.7 Å². The fourth-order valence-electron chi connectivity index (χ4n) is 2.41. The van der Waals surface area contributed by atoms with Gasteiger partial charge in [0.25, 0.3) is 0 Å². The molecule has 0 bridgehead atoms. The Balaban J connectivity index is 1.76. The first-order chi connectivity index (χ1) is 9.29. The van der Waals surface area contributed by atoms with Crippen LogP contribution in [0.4, 0.5) is 5.82 Å². The number of anilines is 1. The van der Waals surface area contributed by atoms with E-state index in [-0.39, 0.29) is 0 Å². The van der Waals surface area contributed by atoms with Crippen LogP contribution in [0, 0.1) is 5.92 Å². The fourth-order valence-corrected chi connectivity index (χ4v) is 2.41. The number of likely N-dealkylation sites (tertiary alicyclic amines) is 1. The van der Waals surface area contributed by atoms with Crippen LogP contribution >= 0.6 is 0 Å². The largest absolute Gasteiger partial charge is 0.490 e. The van der Waals surface area contributed by atoms with Crippen LogP contribution in [-0.2, 0) is 0 Å². The number of nitrogens with zero attached hydrogens (tertiary/aromatic N) is 2. The van der Waals surface area contributed by atoms with Crippen LogP contribution in [-0.4, -0.2) is 42.7 Å². The molecule has 106 valence electrons. The highest BCUT2D eigenvalue weighted by Crippen LogP contribution is 2.20. The Morgan fingerprint density at radius 2 is 2.21 bits per heavy atom. The van der Waals surface area contributed by atoms with Gasteiger partial charge in [-0.25, -0.2) is 4.98 Å². The van der Waals surface area contributed by atoms with E-state index in [1.165, 1.54) is 25.9 Å². The first-order valence-electron chi connectivity index (χ1n) is 7.33. The monoisotopic (exact) mass is 263 g/mol. The maximum absolute atomic E-state index is 5.55. The third-order valence-corrected chi connectivity index (χ3v) is 3.67. The Bertz CT molecular complexity index is 375. The summed E-state index contributed by atoms with van der Waals surface area (Å²) >= 11 is 0. The number of nitrogens with one attached hydrogen (secondary N) is 1. The first kappa shape index (κ1) is 14.1. The molecule has 19 heavy (non-hydrogen) atoms. The number of aromatic nitrogens is 1. The summed E-state index contributed by atoms with van der Waals surface area (Å²) in [7, 11) is 0. The van der Waals surface area contributed by atoms with Gasteiger partial charge in [0.05, 0.1) is 6.61 Å². The molecular formula is C15H25N3O. The SMILES string of the molecule is CCOc1cccnc1NCCN1CCC(C)CC1. The van der Waals surface area contributed by atoms with Gasteiger partial charge in [0.1, 0.15) is 0 Å². The second-order valence-corrected chi connectivity index (χ2v) is 5.23. The van der Waals surface area contributed by atoms with Crippen LogP contribution in [0.25, 0.3) is 0 Å². The standard InChI is InChI=1S/C15H25N3O/c1-3-19-14-5-4-8-16-15(14)17-9-12-18-10-6-13(2)7-11-18/h4-5,8,13H,3,6-7,9-12H2,1-2H3,(H,16,17). The maximum Gasteiger partial charge on any atom is 0.168 e. The summed E-state index contributed by atoms with van der Waals surface area (Å²) in [5.41, 5.74) is 0. The van der Waals surface area contributed by atoms with Crippen molar-refractivity contribution in [3.05, 3.63) is 18.3 Å². The number of hydrogen-bond donors (Lipinski definition) is 1. The van der Waals surface area contributed by atoms with Crippen molar-refractivity contribution in [3.63, 3.8) is 0 Å². The quantitative estimate of drug-likeness (QED) is 0.856. The molecule has 1 fully saturated rings. The highest BCUT2D eigenvalue weighted by Gasteiger charge is 2.15. The van der Waals surface area contributed by atoms with Gasteiger partial charge in [-0.15, -0.1) is 0 Å². The molecule has 0 aliphatic carbocycles. The predicted molar refractivity (Wildman–Crippen MR) is 78.7 cm³/mol. The van der Waals surface area contributed by atoms with Gasteiger partial charge >= 0.3 is 0 Å². The maximum atomic E-state index is 5.55. The summed E-state index contributed by atoms with van der Waals surface area (Å²) in [6.45, 7) is 9.46. The zero-order valence-corrected chi connectivity index (χ0v) is 12.1. The molecule has 0 unspecified atom stereocenters. The van der Waals surface area contributed by atoms with E-state index in [0.29, 0.717) is 6.61 Å². The molecule has 0 spiro atoms. The highest BCUT2D eigenvalue weighted by molar-refractivity contribution is 5.49. The third kappa shape index (κ3) is 4.39. The lowest BCUT2D eigenvalue weighted by molar-refractivity contribution is 0.199. The molecule has 0 amide bonds. The van der Waals surface area contributed by atoms with Crippen molar-refractivity contribution in [2.24, 2.45) is 5.92 Å². The molecule has 0 aromatic carbocycles. The molecular weight excluding hydrogens is 238 g/mol. The second kappa shape index (κ2) is 7.34. The summed E-state index contributed by atoms with van der Waals surface area (Å²) in [6, 6.07) is 3.86. The average Bonchev–Trinajstić information content (AvgIpc) is 2.43. The van der Waals surface area contributed by atoms with Crippen LogP contribution in [0.15, 0.2) is 18.3 Å². The Morgan fingerprint density at radius 1 is 1.42 bits per heavy atom. The molecule has 1 saturated heterocycles. The predicted octanol–water partition coefficient (Wildman–Crippen LogP) is 2.62. The van der Waals surface area contributed by atoms with Gasteiger partial charge < -0.3 is 15.0 Å². The lowest BCUT2D eigenvalue weighted by Gasteiger charge is -2.30. The summed E-state index contributed by atoms with van der Waals surface area (Å²) < 4.78 is 5.55. The molecule has 0 atom stereocenters. The Kier molecular flexibility index (Phi) is 5.45. The van der Waals surface area contributed by atoms with E-state index in [9.17, 15) is 0 Å². The normalized spacial score (nSPS) is 17.4. The molecule has 2 rings (SSSR count). The number of pyridine rings is 1. The molecule has 1 N–H and O–H groups in total. The summed E-state index contributed by atoms with van der Waals surface area (Å²) in [4.78, 5) is 6.86. The lowest BCUT2D eigenvalue weighted by Crippen LogP contribution is -2.36. The lowest BCUT2D eigenvalue weighted by atomic mass is 9.99. The van der Waals surface area contributed by atoms with E-state index in [0.717, 1.165) is 30.6 Å². The number of hydrogen-bond acceptors (Lipinski definition) is 4. The van der Waals surface area contributed by atoms with Gasteiger partial charge in [0.15, 0.2) is 11.6 Å². The molecule has 0 saturated carbocycles. The summed E-state index contributed by atoms with van der Waals surface area (Å²) in [6.07, 6.45) is 4.45. The van der Waals surface area contributed by atoms with Crippen molar-refractivity contribution in [1.29, 1.82) is 0 Å². The third-order valence-electron chi connectivity index (χ3n) is 3.67. The Labute approximate surface area is 116 Å². The number of rotatable bonds is 6. The van der Waals surface area contributed by atoms with E-state index in [1.807, 2.05) is 19.1 Å². The van der Waals surface area contributed by atoms with Gasteiger partial charge in [-0.2, -0.15) is 0 Å². The molecule has 1 aliphatic heterocycles. The van der Waals surface area contributed by atoms with E-state index >= 15 is 0 Å². The minimum Gasteiger partial charge on any atom is -0.490 e. The topological polar surface area (TPSA) is 37.4 Å². The Hall–Kier alpha value is -1.29. The van der Waals surface area contributed by atoms with Gasteiger partial charge in [-0.1, -0.05) is 6.92 Å². The smallest absolute Gasteiger partial charge is 0.168 e. The molecule has 1 aromatic heterocycles. The van der Waals surface area contributed by atoms with Crippen molar-refractivity contribution in [2.75, 3.05) is 38.1 Å². The zero-order chi connectivity index (χ0) is 13.5. The van der Waals surface area contributed by atoms with Crippen LogP contribution in [0.1, 0.15) is 26.7 Å². The van der Waals surface area contributed by atoms with Crippen LogP contribution in [0.2, 0.25) is 0 Å². The molecule has 1 aliphatic rings. The van der Waals surface area contributed by atoms with Gasteiger partial charge in [-0.05, 0) is 50.9 Å². The molecule has 2 heterocycles. The Morgan fingerprint density at radius 3 is 2.95 bits per heavy atom. The zero-order valence-electron chi connectivity index (χ0n) is 12.1. The highest BCUT2D eigenvalue weighted by atomic mass is 16.5. The van der Waals surface area contributed by atoms with E-state index in [1.54, 1.807) is 6.20 Å². The molecule has 4 nitrogen and oxygen atoms in total. The van der Waals surface area contributed by atoms with E-state index in [2.05, 4.69) is 22.1 Å². The number of ether oxygens (including phenoxy) is 1. The van der Waals surface area contributed by atoms with Crippen molar-refractivity contribution in [3.8, 4) is 5.75 Å². The second-order valence-electron chi connectivity index (χ2n) is 5.23. The average molecular weight is 263 g/mol. The summed E-state index contributed by atoms with van der Waals surface area (Å²) in [5, 5.41) is 3.38. The van der Waals surface area contributed by atoms with Gasteiger partial charge in [-0.3, -0.25) is 0 Å². The van der Waals surface area contributed by atoms with Crippen LogP contribution < -0.4 is 10.1 Å². The van der Waals surface area contributed by atoms with Crippen LogP contribution in [0.5, 0.6) is 5.75 Å². The number of piperidine rings is 1. The molecule has 1 aromatic rings. The van der Waals surface area contributed by atoms with Crippen molar-refractivity contribution < 1.29 is 4.74 Å². The van der Waals surface area contributed by atoms with Crippen LogP contribution in [0.3, 0.4) is 0 Å². The fraction of sp³-hybridized carbons (Fsp3) is 0.667. The van der Waals surface area contributed by atoms with E-state index < -0.39 is 0 Å². The minimum absolute atomic E-state index is 0.671. The van der Waals surface area contributed by atoms with Gasteiger partial charge in [0, 0.05) is 19.3 Å². The van der Waals surface area contributed by atoms with Crippen molar-refractivity contribution >= 4 is 5.82 Å². The van der Waals surface area contributed by atoms with Gasteiger partial charge in [0.2, 0.25) is 0 Å². The molecule has 0 radical (unpaired) electrons.